The summed E-state index contributed by atoms with van der Waals surface area (Å²) in [6.07, 6.45) is 4.02. The van der Waals surface area contributed by atoms with E-state index in [0.717, 1.165) is 23.6 Å². The summed E-state index contributed by atoms with van der Waals surface area (Å²) in [4.78, 5) is 22.3. The molecule has 5 heteroatoms. The summed E-state index contributed by atoms with van der Waals surface area (Å²) in [6, 6.07) is 5.07. The van der Waals surface area contributed by atoms with Crippen LogP contribution in [0.3, 0.4) is 0 Å². The molecule has 0 aliphatic heterocycles. The van der Waals surface area contributed by atoms with Crippen molar-refractivity contribution in [2.24, 2.45) is 0 Å². The molecule has 1 aromatic carbocycles. The van der Waals surface area contributed by atoms with Crippen molar-refractivity contribution in [2.75, 3.05) is 12.5 Å². The Bertz CT molecular complexity index is 509. The first kappa shape index (κ1) is 16.2. The summed E-state index contributed by atoms with van der Waals surface area (Å²) in [7, 11) is 0. The fourth-order valence-corrected chi connectivity index (χ4v) is 1.88. The fraction of sp³-hybridized carbons (Fsp3) is 0.333. The Morgan fingerprint density at radius 3 is 2.75 bits per heavy atom. The summed E-state index contributed by atoms with van der Waals surface area (Å²) in [5, 5.41) is 8.67. The van der Waals surface area contributed by atoms with Gasteiger partial charge >= 0.3 is 11.9 Å². The fourth-order valence-electron chi connectivity index (χ4n) is 1.74. The first-order valence-electron chi connectivity index (χ1n) is 6.35. The number of ether oxygens (including phenoxy) is 1. The lowest BCUT2D eigenvalue weighted by Crippen LogP contribution is -2.06. The second kappa shape index (κ2) is 8.38. The number of hydrogen-bond acceptors (Lipinski definition) is 3. The van der Waals surface area contributed by atoms with Gasteiger partial charge in [-0.15, -0.1) is 11.6 Å². The summed E-state index contributed by atoms with van der Waals surface area (Å²) in [5.74, 6) is -0.887. The van der Waals surface area contributed by atoms with Gasteiger partial charge in [-0.05, 0) is 49.1 Å². The van der Waals surface area contributed by atoms with E-state index < -0.39 is 5.97 Å². The van der Waals surface area contributed by atoms with E-state index in [2.05, 4.69) is 0 Å². The normalized spacial score (nSPS) is 10.7. The van der Waals surface area contributed by atoms with Crippen molar-refractivity contribution >= 4 is 29.6 Å². The van der Waals surface area contributed by atoms with Gasteiger partial charge in [0.25, 0.3) is 0 Å². The zero-order valence-electron chi connectivity index (χ0n) is 11.3. The van der Waals surface area contributed by atoms with Gasteiger partial charge in [-0.3, -0.25) is 0 Å². The van der Waals surface area contributed by atoms with Crippen LogP contribution in [0.15, 0.2) is 24.3 Å². The first-order chi connectivity index (χ1) is 9.58. The van der Waals surface area contributed by atoms with Crippen LogP contribution in [0, 0.1) is 0 Å². The molecule has 1 rings (SSSR count). The summed E-state index contributed by atoms with van der Waals surface area (Å²) < 4.78 is 4.95. The molecule has 0 spiro atoms. The number of esters is 1. The Hall–Kier alpha value is -1.81. The van der Waals surface area contributed by atoms with Gasteiger partial charge in [0.1, 0.15) is 0 Å². The molecule has 0 saturated carbocycles. The third kappa shape index (κ3) is 5.05. The van der Waals surface area contributed by atoms with Gasteiger partial charge in [0.2, 0.25) is 0 Å². The lowest BCUT2D eigenvalue weighted by Gasteiger charge is -2.08. The quantitative estimate of drug-likeness (QED) is 0.477. The highest BCUT2D eigenvalue weighted by atomic mass is 35.5. The molecular weight excluding hydrogens is 280 g/mol. The lowest BCUT2D eigenvalue weighted by atomic mass is 9.99. The van der Waals surface area contributed by atoms with E-state index in [-0.39, 0.29) is 5.97 Å². The van der Waals surface area contributed by atoms with Gasteiger partial charge in [0.05, 0.1) is 12.2 Å². The Balaban J connectivity index is 3.05. The largest absolute Gasteiger partial charge is 0.478 e. The van der Waals surface area contributed by atoms with Crippen molar-refractivity contribution < 1.29 is 19.4 Å². The predicted octanol–water partition coefficient (Wildman–Crippen LogP) is 3.13. The lowest BCUT2D eigenvalue weighted by molar-refractivity contribution is -0.131. The molecule has 0 aromatic heterocycles. The minimum atomic E-state index is -1.01. The molecule has 0 atom stereocenters. The van der Waals surface area contributed by atoms with Crippen LogP contribution in [0.4, 0.5) is 0 Å². The third-order valence-electron chi connectivity index (χ3n) is 2.64. The van der Waals surface area contributed by atoms with Crippen LogP contribution in [0.5, 0.6) is 0 Å². The molecule has 0 radical (unpaired) electrons. The topological polar surface area (TPSA) is 63.6 Å². The predicted molar refractivity (Wildman–Crippen MR) is 78.1 cm³/mol. The van der Waals surface area contributed by atoms with E-state index in [4.69, 9.17) is 21.4 Å². The van der Waals surface area contributed by atoms with Gasteiger partial charge in [-0.2, -0.15) is 0 Å². The van der Waals surface area contributed by atoms with Crippen molar-refractivity contribution in [1.29, 1.82) is 0 Å². The Kier molecular flexibility index (Phi) is 6.81. The second-order valence-corrected chi connectivity index (χ2v) is 4.48. The SMILES string of the molecule is CCOC(=O)c1ccc(/C=C/C(=O)O)c(CCCCl)c1. The number of aryl methyl sites for hydroxylation is 1. The monoisotopic (exact) mass is 296 g/mol. The number of carbonyl (C=O) groups excluding carboxylic acids is 1. The number of rotatable bonds is 7. The van der Waals surface area contributed by atoms with E-state index in [1.54, 1.807) is 25.1 Å². The highest BCUT2D eigenvalue weighted by molar-refractivity contribution is 6.17. The molecule has 0 aliphatic rings. The molecule has 0 unspecified atom stereocenters. The molecular formula is C15H17ClO4. The molecule has 1 aromatic rings. The molecule has 1 N–H and O–H groups in total. The Labute approximate surface area is 123 Å². The van der Waals surface area contributed by atoms with Crippen molar-refractivity contribution in [2.45, 2.75) is 19.8 Å². The van der Waals surface area contributed by atoms with Gasteiger partial charge in [-0.25, -0.2) is 9.59 Å². The summed E-state index contributed by atoms with van der Waals surface area (Å²) in [6.45, 7) is 2.06. The highest BCUT2D eigenvalue weighted by Gasteiger charge is 2.09. The van der Waals surface area contributed by atoms with Gasteiger partial charge < -0.3 is 9.84 Å². The van der Waals surface area contributed by atoms with Crippen LogP contribution >= 0.6 is 11.6 Å². The molecule has 20 heavy (non-hydrogen) atoms. The maximum Gasteiger partial charge on any atom is 0.338 e. The van der Waals surface area contributed by atoms with E-state index in [1.807, 2.05) is 0 Å². The van der Waals surface area contributed by atoms with E-state index >= 15 is 0 Å². The van der Waals surface area contributed by atoms with Crippen LogP contribution in [-0.2, 0) is 16.0 Å². The first-order valence-corrected chi connectivity index (χ1v) is 6.89. The molecule has 0 saturated heterocycles. The molecule has 108 valence electrons. The number of carboxylic acids is 1. The molecule has 0 amide bonds. The zero-order chi connectivity index (χ0) is 15.0. The van der Waals surface area contributed by atoms with E-state index in [0.29, 0.717) is 24.5 Å². The van der Waals surface area contributed by atoms with Crippen LogP contribution in [0.2, 0.25) is 0 Å². The molecule has 0 bridgehead atoms. The van der Waals surface area contributed by atoms with Crippen LogP contribution < -0.4 is 0 Å². The number of carboxylic acid groups (broad SMARTS) is 1. The Morgan fingerprint density at radius 1 is 1.40 bits per heavy atom. The number of alkyl halides is 1. The van der Waals surface area contributed by atoms with Gasteiger partial charge in [-0.1, -0.05) is 6.07 Å². The third-order valence-corrected chi connectivity index (χ3v) is 2.91. The number of hydrogen-bond donors (Lipinski definition) is 1. The van der Waals surface area contributed by atoms with Crippen LogP contribution in [0.25, 0.3) is 6.08 Å². The minimum absolute atomic E-state index is 0.316. The van der Waals surface area contributed by atoms with E-state index in [1.165, 1.54) is 6.08 Å². The smallest absolute Gasteiger partial charge is 0.338 e. The number of halogens is 1. The van der Waals surface area contributed by atoms with Gasteiger partial charge in [0, 0.05) is 12.0 Å². The van der Waals surface area contributed by atoms with Crippen molar-refractivity contribution in [1.82, 2.24) is 0 Å². The molecule has 4 nitrogen and oxygen atoms in total. The zero-order valence-corrected chi connectivity index (χ0v) is 12.0. The maximum atomic E-state index is 11.7. The number of carbonyl (C=O) groups is 2. The van der Waals surface area contributed by atoms with Crippen molar-refractivity contribution in [3.63, 3.8) is 0 Å². The molecule has 0 heterocycles. The van der Waals surface area contributed by atoms with Crippen molar-refractivity contribution in [3.05, 3.63) is 41.0 Å². The van der Waals surface area contributed by atoms with Crippen LogP contribution in [-0.4, -0.2) is 29.5 Å². The van der Waals surface area contributed by atoms with Crippen molar-refractivity contribution in [3.8, 4) is 0 Å². The number of aliphatic carboxylic acids is 1. The van der Waals surface area contributed by atoms with Crippen LogP contribution in [0.1, 0.15) is 34.8 Å². The minimum Gasteiger partial charge on any atom is -0.478 e. The maximum absolute atomic E-state index is 11.7. The average molecular weight is 297 g/mol. The Morgan fingerprint density at radius 2 is 2.15 bits per heavy atom. The second-order valence-electron chi connectivity index (χ2n) is 4.10. The standard InChI is InChI=1S/C15H17ClO4/c1-2-20-15(19)13-6-5-11(7-8-14(17)18)12(10-13)4-3-9-16/h5-8,10H,2-4,9H2,1H3,(H,17,18)/b8-7+. The van der Waals surface area contributed by atoms with E-state index in [9.17, 15) is 9.59 Å². The molecule has 0 fully saturated rings. The average Bonchev–Trinajstić information content (AvgIpc) is 2.43. The number of benzene rings is 1. The highest BCUT2D eigenvalue weighted by Crippen LogP contribution is 2.17. The summed E-state index contributed by atoms with van der Waals surface area (Å²) >= 11 is 5.68. The summed E-state index contributed by atoms with van der Waals surface area (Å²) in [5.41, 5.74) is 2.11. The molecule has 0 aliphatic carbocycles. The van der Waals surface area contributed by atoms with Gasteiger partial charge in [0.15, 0.2) is 0 Å².